The van der Waals surface area contributed by atoms with Crippen molar-refractivity contribution < 1.29 is 9.59 Å². The van der Waals surface area contributed by atoms with E-state index in [0.29, 0.717) is 16.4 Å². The van der Waals surface area contributed by atoms with Crippen molar-refractivity contribution in [2.24, 2.45) is 15.9 Å². The molecular weight excluding hydrogens is 416 g/mol. The van der Waals surface area contributed by atoms with E-state index in [2.05, 4.69) is 25.5 Å². The number of anilines is 1. The Morgan fingerprint density at radius 1 is 1.25 bits per heavy atom. The molecule has 2 aromatic rings. The average molecular weight is 431 g/mol. The standard InChI is InChI=1S/C17H14N6O2S3/c1-2-26-17-23-22-16(28-17)19-12(24)9-27-15-20-13(10-6-4-3-5-7-10)11(8-18)14(25)21-15/h3-7,11H,2,9H2,1H3,(H,19,22,24). The first kappa shape index (κ1) is 20.2. The van der Waals surface area contributed by atoms with Crippen molar-refractivity contribution in [1.29, 1.82) is 5.26 Å². The highest BCUT2D eigenvalue weighted by atomic mass is 32.2. The fourth-order valence-electron chi connectivity index (χ4n) is 2.22. The molecule has 0 saturated heterocycles. The van der Waals surface area contributed by atoms with E-state index in [1.165, 1.54) is 11.3 Å². The van der Waals surface area contributed by atoms with Crippen LogP contribution in [-0.4, -0.2) is 44.4 Å². The molecule has 1 aromatic heterocycles. The molecule has 1 aliphatic rings. The van der Waals surface area contributed by atoms with Crippen LogP contribution in [0, 0.1) is 17.2 Å². The molecule has 0 radical (unpaired) electrons. The number of nitrogens with one attached hydrogen (secondary N) is 1. The average Bonchev–Trinajstić information content (AvgIpc) is 3.13. The lowest BCUT2D eigenvalue weighted by Crippen LogP contribution is -2.28. The number of benzene rings is 1. The molecule has 0 bridgehead atoms. The summed E-state index contributed by atoms with van der Waals surface area (Å²) < 4.78 is 0.785. The first-order valence-corrected chi connectivity index (χ1v) is 10.9. The van der Waals surface area contributed by atoms with Gasteiger partial charge in [0.15, 0.2) is 15.4 Å². The molecule has 0 fully saturated rings. The molecule has 142 valence electrons. The van der Waals surface area contributed by atoms with E-state index in [-0.39, 0.29) is 16.8 Å². The normalized spacial score (nSPS) is 16.1. The van der Waals surface area contributed by atoms with Crippen LogP contribution in [0.5, 0.6) is 0 Å². The lowest BCUT2D eigenvalue weighted by Gasteiger charge is -2.15. The fourth-order valence-corrected chi connectivity index (χ4v) is 4.53. The van der Waals surface area contributed by atoms with Crippen LogP contribution in [0.25, 0.3) is 0 Å². The minimum Gasteiger partial charge on any atom is -0.300 e. The lowest BCUT2D eigenvalue weighted by molar-refractivity contribution is -0.118. The van der Waals surface area contributed by atoms with Crippen molar-refractivity contribution >= 4 is 62.7 Å². The highest BCUT2D eigenvalue weighted by molar-refractivity contribution is 8.14. The summed E-state index contributed by atoms with van der Waals surface area (Å²) in [6, 6.07) is 10.9. The number of carbonyl (C=O) groups is 2. The summed E-state index contributed by atoms with van der Waals surface area (Å²) in [5, 5.41) is 20.4. The van der Waals surface area contributed by atoms with Gasteiger partial charge in [0, 0.05) is 0 Å². The summed E-state index contributed by atoms with van der Waals surface area (Å²) in [5.74, 6) is -1.05. The second kappa shape index (κ2) is 9.59. The van der Waals surface area contributed by atoms with E-state index in [9.17, 15) is 14.9 Å². The van der Waals surface area contributed by atoms with E-state index in [1.807, 2.05) is 19.1 Å². The van der Waals surface area contributed by atoms with Crippen LogP contribution in [0.15, 0.2) is 44.7 Å². The maximum atomic E-state index is 12.2. The number of aromatic nitrogens is 2. The maximum Gasteiger partial charge on any atom is 0.271 e. The van der Waals surface area contributed by atoms with Crippen molar-refractivity contribution in [2.75, 3.05) is 16.8 Å². The summed E-state index contributed by atoms with van der Waals surface area (Å²) >= 11 is 3.88. The number of aliphatic imine (C=N–C) groups is 2. The summed E-state index contributed by atoms with van der Waals surface area (Å²) in [6.45, 7) is 2.01. The monoisotopic (exact) mass is 430 g/mol. The molecule has 1 unspecified atom stereocenters. The second-order valence-electron chi connectivity index (χ2n) is 5.30. The summed E-state index contributed by atoms with van der Waals surface area (Å²) in [5.41, 5.74) is 1.02. The number of amidine groups is 1. The lowest BCUT2D eigenvalue weighted by atomic mass is 9.96. The molecule has 3 rings (SSSR count). The Balaban J connectivity index is 1.66. The number of hydrogen-bond acceptors (Lipinski definition) is 9. The molecule has 0 spiro atoms. The smallest absolute Gasteiger partial charge is 0.271 e. The van der Waals surface area contributed by atoms with Gasteiger partial charge < -0.3 is 0 Å². The van der Waals surface area contributed by atoms with E-state index < -0.39 is 11.8 Å². The summed E-state index contributed by atoms with van der Waals surface area (Å²) in [6.07, 6.45) is 0. The van der Waals surface area contributed by atoms with E-state index >= 15 is 0 Å². The van der Waals surface area contributed by atoms with Gasteiger partial charge in [0.1, 0.15) is 0 Å². The Labute approximate surface area is 173 Å². The van der Waals surface area contributed by atoms with Crippen LogP contribution in [-0.2, 0) is 9.59 Å². The number of rotatable bonds is 6. The molecule has 2 heterocycles. The third kappa shape index (κ3) is 5.03. The Bertz CT molecular complexity index is 980. The second-order valence-corrected chi connectivity index (χ2v) is 8.73. The van der Waals surface area contributed by atoms with Gasteiger partial charge in [-0.3, -0.25) is 14.9 Å². The molecular formula is C17H14N6O2S3. The fraction of sp³-hybridized carbons (Fsp3) is 0.235. The molecule has 11 heteroatoms. The van der Waals surface area contributed by atoms with Gasteiger partial charge >= 0.3 is 0 Å². The van der Waals surface area contributed by atoms with Crippen LogP contribution in [0.1, 0.15) is 12.5 Å². The Morgan fingerprint density at radius 3 is 2.75 bits per heavy atom. The van der Waals surface area contributed by atoms with Gasteiger partial charge in [0.2, 0.25) is 11.0 Å². The quantitative estimate of drug-likeness (QED) is 0.552. The number of amides is 2. The number of thioether (sulfide) groups is 2. The van der Waals surface area contributed by atoms with E-state index in [1.54, 1.807) is 36.0 Å². The van der Waals surface area contributed by atoms with Crippen molar-refractivity contribution in [3.05, 3.63) is 35.9 Å². The van der Waals surface area contributed by atoms with Crippen LogP contribution in [0.3, 0.4) is 0 Å². The molecule has 0 saturated carbocycles. The van der Waals surface area contributed by atoms with Crippen molar-refractivity contribution in [3.8, 4) is 6.07 Å². The zero-order valence-corrected chi connectivity index (χ0v) is 17.1. The largest absolute Gasteiger partial charge is 0.300 e. The number of hydrogen-bond donors (Lipinski definition) is 1. The molecule has 28 heavy (non-hydrogen) atoms. The minimum absolute atomic E-state index is 0.00470. The van der Waals surface area contributed by atoms with E-state index in [4.69, 9.17) is 0 Å². The van der Waals surface area contributed by atoms with Gasteiger partial charge in [-0.1, -0.05) is 72.1 Å². The van der Waals surface area contributed by atoms with Gasteiger partial charge in [-0.05, 0) is 11.3 Å². The van der Waals surface area contributed by atoms with Crippen molar-refractivity contribution in [2.45, 2.75) is 11.3 Å². The highest BCUT2D eigenvalue weighted by Gasteiger charge is 2.30. The van der Waals surface area contributed by atoms with Crippen LogP contribution in [0.4, 0.5) is 5.13 Å². The van der Waals surface area contributed by atoms with Gasteiger partial charge in [-0.2, -0.15) is 10.3 Å². The van der Waals surface area contributed by atoms with Crippen LogP contribution >= 0.6 is 34.9 Å². The maximum absolute atomic E-state index is 12.2. The van der Waals surface area contributed by atoms with Gasteiger partial charge in [0.05, 0.1) is 17.5 Å². The Hall–Kier alpha value is -2.55. The Morgan fingerprint density at radius 2 is 2.04 bits per heavy atom. The van der Waals surface area contributed by atoms with Gasteiger partial charge in [0.25, 0.3) is 5.91 Å². The Kier molecular flexibility index (Phi) is 6.91. The van der Waals surface area contributed by atoms with Crippen LogP contribution < -0.4 is 5.32 Å². The molecule has 1 atom stereocenters. The summed E-state index contributed by atoms with van der Waals surface area (Å²) in [7, 11) is 0. The highest BCUT2D eigenvalue weighted by Crippen LogP contribution is 2.25. The zero-order valence-electron chi connectivity index (χ0n) is 14.7. The molecule has 1 N–H and O–H groups in total. The summed E-state index contributed by atoms with van der Waals surface area (Å²) in [4.78, 5) is 32.5. The third-order valence-corrected chi connectivity index (χ3v) is 6.10. The predicted octanol–water partition coefficient (Wildman–Crippen LogP) is 2.85. The van der Waals surface area contributed by atoms with Gasteiger partial charge in [-0.15, -0.1) is 10.2 Å². The van der Waals surface area contributed by atoms with E-state index in [0.717, 1.165) is 21.9 Å². The zero-order chi connectivity index (χ0) is 19.9. The first-order valence-electron chi connectivity index (χ1n) is 8.15. The minimum atomic E-state index is -1.04. The molecule has 1 aromatic carbocycles. The number of carbonyl (C=O) groups excluding carboxylic acids is 2. The topological polar surface area (TPSA) is 120 Å². The van der Waals surface area contributed by atoms with Crippen molar-refractivity contribution in [3.63, 3.8) is 0 Å². The molecule has 1 aliphatic heterocycles. The molecule has 8 nitrogen and oxygen atoms in total. The molecule has 0 aliphatic carbocycles. The number of nitriles is 1. The first-order chi connectivity index (χ1) is 13.6. The van der Waals surface area contributed by atoms with Gasteiger partial charge in [-0.25, -0.2) is 4.99 Å². The van der Waals surface area contributed by atoms with Crippen LogP contribution in [0.2, 0.25) is 0 Å². The molecule has 2 amide bonds. The van der Waals surface area contributed by atoms with Crippen molar-refractivity contribution in [1.82, 2.24) is 10.2 Å². The predicted molar refractivity (Wildman–Crippen MR) is 112 cm³/mol. The third-order valence-electron chi connectivity index (χ3n) is 3.39. The SMILES string of the molecule is CCSc1nnc(NC(=O)CSC2=NC(=O)C(C#N)C(c3ccccc3)=N2)s1. The number of nitrogens with zero attached hydrogens (tertiary/aromatic N) is 5.